The molecule has 1 N–H and O–H groups in total. The van der Waals surface area contributed by atoms with Crippen molar-refractivity contribution in [2.24, 2.45) is 0 Å². The molecule has 0 saturated carbocycles. The Morgan fingerprint density at radius 2 is 1.86 bits per heavy atom. The molecule has 0 unspecified atom stereocenters. The Labute approximate surface area is 128 Å². The number of rotatable bonds is 9. The minimum atomic E-state index is -4.23. The van der Waals surface area contributed by atoms with Crippen LogP contribution >= 0.6 is 11.8 Å². The van der Waals surface area contributed by atoms with Crippen LogP contribution in [-0.4, -0.2) is 31.2 Å². The fourth-order valence-corrected chi connectivity index (χ4v) is 2.39. The number of halogens is 3. The molecule has 2 nitrogen and oxygen atoms in total. The molecule has 0 spiro atoms. The summed E-state index contributed by atoms with van der Waals surface area (Å²) >= 11 is 1.63. The molecule has 0 aliphatic heterocycles. The molecule has 0 saturated heterocycles. The van der Waals surface area contributed by atoms with Crippen molar-refractivity contribution in [2.45, 2.75) is 43.9 Å². The lowest BCUT2D eigenvalue weighted by atomic mass is 10.2. The average molecular weight is 321 g/mol. The van der Waals surface area contributed by atoms with Gasteiger partial charge in [-0.3, -0.25) is 0 Å². The van der Waals surface area contributed by atoms with Crippen molar-refractivity contribution < 1.29 is 17.9 Å². The summed E-state index contributed by atoms with van der Waals surface area (Å²) < 4.78 is 40.1. The van der Waals surface area contributed by atoms with Crippen LogP contribution in [0.1, 0.15) is 25.8 Å². The molecule has 0 aliphatic rings. The van der Waals surface area contributed by atoms with Gasteiger partial charge in [0.15, 0.2) is 0 Å². The summed E-state index contributed by atoms with van der Waals surface area (Å²) in [5, 5.41) is 3.34. The van der Waals surface area contributed by atoms with Crippen molar-refractivity contribution in [3.05, 3.63) is 29.8 Å². The van der Waals surface area contributed by atoms with Crippen LogP contribution in [0.2, 0.25) is 0 Å². The Morgan fingerprint density at radius 1 is 1.19 bits per heavy atom. The maximum atomic E-state index is 11.8. The van der Waals surface area contributed by atoms with E-state index in [1.165, 1.54) is 5.56 Å². The quantitative estimate of drug-likeness (QED) is 0.543. The van der Waals surface area contributed by atoms with Gasteiger partial charge in [-0.2, -0.15) is 13.2 Å². The lowest BCUT2D eigenvalue weighted by Gasteiger charge is -2.09. The predicted molar refractivity (Wildman–Crippen MR) is 80.6 cm³/mol. The number of thioether (sulfide) groups is 1. The maximum absolute atomic E-state index is 11.8. The Bertz CT molecular complexity index is 393. The topological polar surface area (TPSA) is 21.3 Å². The van der Waals surface area contributed by atoms with Crippen LogP contribution in [0, 0.1) is 0 Å². The van der Waals surface area contributed by atoms with E-state index in [-0.39, 0.29) is 6.61 Å². The van der Waals surface area contributed by atoms with E-state index < -0.39 is 12.8 Å². The standard InChI is InChI=1S/C15H22F3NOS/c1-12(2)19-10-13-4-6-14(7-5-13)21-9-3-8-20-11-15(16,17)18/h4-7,12,19H,3,8-11H2,1-2H3. The minimum absolute atomic E-state index is 0.142. The highest BCUT2D eigenvalue weighted by molar-refractivity contribution is 7.99. The van der Waals surface area contributed by atoms with Crippen molar-refractivity contribution in [3.63, 3.8) is 0 Å². The summed E-state index contributed by atoms with van der Waals surface area (Å²) in [5.74, 6) is 0.751. The lowest BCUT2D eigenvalue weighted by molar-refractivity contribution is -0.173. The second-order valence-corrected chi connectivity index (χ2v) is 6.22. The first-order chi connectivity index (χ1) is 9.87. The molecular formula is C15H22F3NOS. The van der Waals surface area contributed by atoms with Gasteiger partial charge in [0.1, 0.15) is 6.61 Å². The predicted octanol–water partition coefficient (Wildman–Crippen LogP) is 4.25. The Morgan fingerprint density at radius 3 is 2.43 bits per heavy atom. The molecule has 21 heavy (non-hydrogen) atoms. The van der Waals surface area contributed by atoms with E-state index in [0.717, 1.165) is 17.2 Å². The zero-order valence-electron chi connectivity index (χ0n) is 12.4. The molecule has 0 heterocycles. The monoisotopic (exact) mass is 321 g/mol. The number of ether oxygens (including phenoxy) is 1. The SMILES string of the molecule is CC(C)NCc1ccc(SCCCOCC(F)(F)F)cc1. The van der Waals surface area contributed by atoms with Gasteiger partial charge < -0.3 is 10.1 Å². The van der Waals surface area contributed by atoms with Crippen LogP contribution in [0.3, 0.4) is 0 Å². The van der Waals surface area contributed by atoms with Gasteiger partial charge in [-0.1, -0.05) is 26.0 Å². The van der Waals surface area contributed by atoms with Crippen molar-refractivity contribution in [1.29, 1.82) is 0 Å². The fourth-order valence-electron chi connectivity index (χ4n) is 1.56. The molecule has 120 valence electrons. The highest BCUT2D eigenvalue weighted by Crippen LogP contribution is 2.20. The zero-order chi connectivity index (χ0) is 15.7. The van der Waals surface area contributed by atoms with Crippen LogP contribution in [0.25, 0.3) is 0 Å². The molecule has 0 aliphatic carbocycles. The Balaban J connectivity index is 2.15. The fraction of sp³-hybridized carbons (Fsp3) is 0.600. The Kier molecular flexibility index (Phi) is 8.14. The summed E-state index contributed by atoms with van der Waals surface area (Å²) in [5.41, 5.74) is 1.22. The van der Waals surface area contributed by atoms with Gasteiger partial charge in [0.25, 0.3) is 0 Å². The summed E-state index contributed by atoms with van der Waals surface area (Å²) in [4.78, 5) is 1.12. The van der Waals surface area contributed by atoms with E-state index in [9.17, 15) is 13.2 Å². The highest BCUT2D eigenvalue weighted by Gasteiger charge is 2.27. The molecule has 1 rings (SSSR count). The molecule has 0 radical (unpaired) electrons. The first-order valence-corrected chi connectivity index (χ1v) is 7.95. The van der Waals surface area contributed by atoms with E-state index in [1.54, 1.807) is 11.8 Å². The van der Waals surface area contributed by atoms with E-state index >= 15 is 0 Å². The normalized spacial score (nSPS) is 12.1. The number of alkyl halides is 3. The van der Waals surface area contributed by atoms with Crippen molar-refractivity contribution >= 4 is 11.8 Å². The van der Waals surface area contributed by atoms with E-state index in [1.807, 2.05) is 12.1 Å². The van der Waals surface area contributed by atoms with Gasteiger partial charge in [-0.25, -0.2) is 0 Å². The summed E-state index contributed by atoms with van der Waals surface area (Å²) in [6.07, 6.45) is -3.62. The summed E-state index contributed by atoms with van der Waals surface area (Å²) in [7, 11) is 0. The largest absolute Gasteiger partial charge is 0.411 e. The van der Waals surface area contributed by atoms with E-state index in [4.69, 9.17) is 0 Å². The van der Waals surface area contributed by atoms with E-state index in [0.29, 0.717) is 12.5 Å². The van der Waals surface area contributed by atoms with Gasteiger partial charge in [0.2, 0.25) is 0 Å². The van der Waals surface area contributed by atoms with Gasteiger partial charge in [0.05, 0.1) is 0 Å². The first kappa shape index (κ1) is 18.3. The van der Waals surface area contributed by atoms with Crippen LogP contribution in [-0.2, 0) is 11.3 Å². The van der Waals surface area contributed by atoms with Crippen LogP contribution in [0.4, 0.5) is 13.2 Å². The molecule has 0 atom stereocenters. The molecule has 0 amide bonds. The average Bonchev–Trinajstić information content (AvgIpc) is 2.40. The summed E-state index contributed by atoms with van der Waals surface area (Å²) in [6.45, 7) is 4.03. The third-order valence-electron chi connectivity index (χ3n) is 2.61. The first-order valence-electron chi connectivity index (χ1n) is 6.96. The van der Waals surface area contributed by atoms with Gasteiger partial charge in [-0.15, -0.1) is 11.8 Å². The maximum Gasteiger partial charge on any atom is 0.411 e. The number of nitrogens with one attached hydrogen (secondary N) is 1. The number of hydrogen-bond acceptors (Lipinski definition) is 3. The molecule has 0 aromatic heterocycles. The second-order valence-electron chi connectivity index (χ2n) is 5.05. The number of hydrogen-bond donors (Lipinski definition) is 1. The molecule has 0 bridgehead atoms. The minimum Gasteiger partial charge on any atom is -0.372 e. The second kappa shape index (κ2) is 9.33. The third-order valence-corrected chi connectivity index (χ3v) is 3.70. The van der Waals surface area contributed by atoms with E-state index in [2.05, 4.69) is 36.0 Å². The van der Waals surface area contributed by atoms with Crippen molar-refractivity contribution in [3.8, 4) is 0 Å². The zero-order valence-corrected chi connectivity index (χ0v) is 13.2. The number of benzene rings is 1. The van der Waals surface area contributed by atoms with Gasteiger partial charge in [0, 0.05) is 29.8 Å². The smallest absolute Gasteiger partial charge is 0.372 e. The molecule has 1 aromatic carbocycles. The molecule has 6 heteroatoms. The lowest BCUT2D eigenvalue weighted by Crippen LogP contribution is -2.21. The van der Waals surface area contributed by atoms with Crippen LogP contribution in [0.15, 0.2) is 29.2 Å². The van der Waals surface area contributed by atoms with Crippen LogP contribution in [0.5, 0.6) is 0 Å². The Hall–Kier alpha value is -0.720. The van der Waals surface area contributed by atoms with Crippen molar-refractivity contribution in [1.82, 2.24) is 5.32 Å². The molecular weight excluding hydrogens is 299 g/mol. The third kappa shape index (κ3) is 9.77. The van der Waals surface area contributed by atoms with Gasteiger partial charge in [-0.05, 0) is 24.1 Å². The van der Waals surface area contributed by atoms with Gasteiger partial charge >= 0.3 is 6.18 Å². The molecule has 0 fully saturated rings. The molecule has 1 aromatic rings. The summed E-state index contributed by atoms with van der Waals surface area (Å²) in [6, 6.07) is 8.67. The van der Waals surface area contributed by atoms with Crippen molar-refractivity contribution in [2.75, 3.05) is 19.0 Å². The highest BCUT2D eigenvalue weighted by atomic mass is 32.2. The van der Waals surface area contributed by atoms with Crippen LogP contribution < -0.4 is 5.32 Å².